The molecule has 1 saturated carbocycles. The number of nitrogens with one attached hydrogen (secondary N) is 2. The molecule has 0 radical (unpaired) electrons. The summed E-state index contributed by atoms with van der Waals surface area (Å²) in [6.07, 6.45) is 11.9. The highest BCUT2D eigenvalue weighted by Crippen LogP contribution is 2.28. The van der Waals surface area contributed by atoms with E-state index in [4.69, 9.17) is 16.3 Å². The van der Waals surface area contributed by atoms with E-state index in [1.807, 2.05) is 0 Å². The van der Waals surface area contributed by atoms with E-state index in [1.165, 1.54) is 51.0 Å². The minimum atomic E-state index is -0.483. The van der Waals surface area contributed by atoms with Crippen molar-refractivity contribution in [3.05, 3.63) is 60.2 Å². The first-order valence-corrected chi connectivity index (χ1v) is 10.4. The average molecular weight is 403 g/mol. The van der Waals surface area contributed by atoms with Crippen molar-refractivity contribution in [2.45, 2.75) is 51.4 Å². The second-order valence-corrected chi connectivity index (χ2v) is 7.89. The molecule has 2 N–H and O–H groups in total. The first-order chi connectivity index (χ1) is 13.5. The van der Waals surface area contributed by atoms with Crippen LogP contribution in [0.15, 0.2) is 27.8 Å². The summed E-state index contributed by atoms with van der Waals surface area (Å²) in [5.41, 5.74) is -0.133. The van der Waals surface area contributed by atoms with Gasteiger partial charge in [-0.1, -0.05) is 62.8 Å². The predicted molar refractivity (Wildman–Crippen MR) is 113 cm³/mol. The Morgan fingerprint density at radius 1 is 1.11 bits per heavy atom. The second-order valence-electron chi connectivity index (χ2n) is 7.48. The summed E-state index contributed by atoms with van der Waals surface area (Å²) in [7, 11) is 0. The van der Waals surface area contributed by atoms with Gasteiger partial charge in [0.1, 0.15) is 16.4 Å². The molecule has 1 fully saturated rings. The van der Waals surface area contributed by atoms with Crippen molar-refractivity contribution in [2.75, 3.05) is 6.61 Å². The maximum absolute atomic E-state index is 11.9. The Hall–Kier alpha value is -2.27. The van der Waals surface area contributed by atoms with E-state index in [-0.39, 0.29) is 10.7 Å². The van der Waals surface area contributed by atoms with Crippen molar-refractivity contribution in [1.29, 1.82) is 0 Å². The fourth-order valence-corrected chi connectivity index (χ4v) is 4.00. The fraction of sp³-hybridized carbons (Fsp3) is 0.455. The van der Waals surface area contributed by atoms with Crippen molar-refractivity contribution >= 4 is 24.3 Å². The number of benzene rings is 1. The van der Waals surface area contributed by atoms with Crippen LogP contribution in [0, 0.1) is 5.92 Å². The zero-order valence-electron chi connectivity index (χ0n) is 16.1. The number of ether oxygens (including phenoxy) is 1. The number of H-pyrrole nitrogens is 2. The van der Waals surface area contributed by atoms with Gasteiger partial charge in [-0.05, 0) is 42.5 Å². The standard InChI is InChI=1S/C22H27ClN2O3/c1-15-24-21(26)18(22(27)25-15)13-17-10-11-20(19(23)14-17)28-12-6-5-9-16-7-3-2-4-8-16/h10-11,13-14,16H,1-9,12H2,(H,24,26)(H,25,27). The number of aromatic nitrogens is 2. The van der Waals surface area contributed by atoms with Crippen molar-refractivity contribution < 1.29 is 4.74 Å². The van der Waals surface area contributed by atoms with Crippen LogP contribution in [0.5, 0.6) is 5.75 Å². The molecule has 1 heterocycles. The van der Waals surface area contributed by atoms with E-state index in [1.54, 1.807) is 18.2 Å². The summed E-state index contributed by atoms with van der Waals surface area (Å²) in [5, 5.41) is 0.475. The molecule has 1 aromatic heterocycles. The number of aromatic amines is 2. The van der Waals surface area contributed by atoms with Gasteiger partial charge in [-0.2, -0.15) is 0 Å². The minimum absolute atomic E-state index is 0.0137. The first kappa shape index (κ1) is 20.5. The van der Waals surface area contributed by atoms with Crippen LogP contribution in [-0.4, -0.2) is 16.6 Å². The summed E-state index contributed by atoms with van der Waals surface area (Å²) < 4.78 is 5.80. The molecular weight excluding hydrogens is 376 g/mol. The van der Waals surface area contributed by atoms with Gasteiger partial charge < -0.3 is 14.7 Å². The molecule has 0 amide bonds. The minimum Gasteiger partial charge on any atom is -0.492 e. The molecule has 0 unspecified atom stereocenters. The van der Waals surface area contributed by atoms with Crippen LogP contribution in [-0.2, 0) is 0 Å². The fourth-order valence-electron chi connectivity index (χ4n) is 3.76. The number of hydrogen-bond acceptors (Lipinski definition) is 3. The molecule has 1 aromatic carbocycles. The van der Waals surface area contributed by atoms with Crippen molar-refractivity contribution in [2.24, 2.45) is 5.92 Å². The van der Waals surface area contributed by atoms with Crippen LogP contribution in [0.1, 0.15) is 56.9 Å². The van der Waals surface area contributed by atoms with E-state index >= 15 is 0 Å². The van der Waals surface area contributed by atoms with Crippen LogP contribution < -0.4 is 26.6 Å². The highest BCUT2D eigenvalue weighted by molar-refractivity contribution is 6.32. The lowest BCUT2D eigenvalue weighted by atomic mass is 9.86. The topological polar surface area (TPSA) is 75.0 Å². The third-order valence-corrected chi connectivity index (χ3v) is 5.57. The molecule has 150 valence electrons. The molecule has 3 rings (SSSR count). The molecule has 0 saturated heterocycles. The lowest BCUT2D eigenvalue weighted by Crippen LogP contribution is -2.47. The number of hydrogen-bond donors (Lipinski definition) is 2. The van der Waals surface area contributed by atoms with Crippen LogP contribution in [0.3, 0.4) is 0 Å². The highest BCUT2D eigenvalue weighted by atomic mass is 35.5. The smallest absolute Gasteiger partial charge is 0.262 e. The van der Waals surface area contributed by atoms with Gasteiger partial charge in [-0.15, -0.1) is 0 Å². The van der Waals surface area contributed by atoms with Crippen molar-refractivity contribution in [3.8, 4) is 5.75 Å². The first-order valence-electron chi connectivity index (χ1n) is 9.98. The van der Waals surface area contributed by atoms with Gasteiger partial charge in [0.15, 0.2) is 0 Å². The quantitative estimate of drug-likeness (QED) is 0.699. The maximum Gasteiger partial charge on any atom is 0.262 e. The largest absolute Gasteiger partial charge is 0.492 e. The molecule has 0 aliphatic heterocycles. The molecule has 0 atom stereocenters. The van der Waals surface area contributed by atoms with Gasteiger partial charge in [0.2, 0.25) is 0 Å². The highest BCUT2D eigenvalue weighted by Gasteiger charge is 2.12. The number of rotatable bonds is 7. The van der Waals surface area contributed by atoms with E-state index in [2.05, 4.69) is 16.5 Å². The van der Waals surface area contributed by atoms with E-state index in [0.29, 0.717) is 22.9 Å². The Morgan fingerprint density at radius 3 is 2.50 bits per heavy atom. The summed E-state index contributed by atoms with van der Waals surface area (Å²) >= 11 is 6.31. The predicted octanol–water partition coefficient (Wildman–Crippen LogP) is 3.09. The molecular formula is C22H27ClN2O3. The second kappa shape index (κ2) is 9.78. The van der Waals surface area contributed by atoms with E-state index in [9.17, 15) is 9.59 Å². The van der Waals surface area contributed by atoms with Crippen LogP contribution in [0.25, 0.3) is 12.7 Å². The average Bonchev–Trinajstić information content (AvgIpc) is 2.66. The Kier molecular flexibility index (Phi) is 7.15. The zero-order valence-corrected chi connectivity index (χ0v) is 16.8. The van der Waals surface area contributed by atoms with Gasteiger partial charge in [0, 0.05) is 0 Å². The van der Waals surface area contributed by atoms with Gasteiger partial charge in [-0.25, -0.2) is 0 Å². The third-order valence-electron chi connectivity index (χ3n) is 5.27. The molecule has 1 aliphatic carbocycles. The zero-order chi connectivity index (χ0) is 19.9. The van der Waals surface area contributed by atoms with E-state index in [0.717, 1.165) is 12.3 Å². The third kappa shape index (κ3) is 5.61. The van der Waals surface area contributed by atoms with Gasteiger partial charge in [0.05, 0.1) is 11.6 Å². The van der Waals surface area contributed by atoms with Crippen LogP contribution in [0.4, 0.5) is 0 Å². The van der Waals surface area contributed by atoms with E-state index < -0.39 is 11.1 Å². The normalized spacial score (nSPS) is 14.8. The molecule has 5 nitrogen and oxygen atoms in total. The van der Waals surface area contributed by atoms with Crippen molar-refractivity contribution in [3.63, 3.8) is 0 Å². The molecule has 2 aromatic rings. The molecule has 28 heavy (non-hydrogen) atoms. The lowest BCUT2D eigenvalue weighted by molar-refractivity contribution is 0.284. The van der Waals surface area contributed by atoms with Crippen LogP contribution in [0.2, 0.25) is 5.02 Å². The summed E-state index contributed by atoms with van der Waals surface area (Å²) in [5.74, 6) is 1.52. The Labute approximate surface area is 169 Å². The van der Waals surface area contributed by atoms with Gasteiger partial charge >= 0.3 is 0 Å². The Bertz CT molecular complexity index is 982. The summed E-state index contributed by atoms with van der Waals surface area (Å²) in [6.45, 7) is 4.16. The summed E-state index contributed by atoms with van der Waals surface area (Å²) in [4.78, 5) is 28.8. The maximum atomic E-state index is 11.9. The molecule has 1 aliphatic rings. The van der Waals surface area contributed by atoms with Crippen LogP contribution >= 0.6 is 11.6 Å². The Morgan fingerprint density at radius 2 is 1.82 bits per heavy atom. The monoisotopic (exact) mass is 402 g/mol. The Balaban J connectivity index is 1.57. The molecule has 6 heteroatoms. The molecule has 0 bridgehead atoms. The number of unbranched alkanes of at least 4 members (excludes halogenated alkanes) is 1. The number of halogens is 1. The summed E-state index contributed by atoms with van der Waals surface area (Å²) in [6, 6.07) is 5.24. The SMILES string of the molecule is C=c1[nH]c(=O)c(=Cc2ccc(OCCCCC3CCCCC3)c(Cl)c2)c(=O)[nH]1. The van der Waals surface area contributed by atoms with Gasteiger partial charge in [0.25, 0.3) is 11.1 Å². The lowest BCUT2D eigenvalue weighted by Gasteiger charge is -2.21. The van der Waals surface area contributed by atoms with Crippen molar-refractivity contribution in [1.82, 2.24) is 9.97 Å². The van der Waals surface area contributed by atoms with Gasteiger partial charge in [-0.3, -0.25) is 9.59 Å². The molecule has 0 spiro atoms.